The van der Waals surface area contributed by atoms with E-state index in [0.717, 1.165) is 0 Å². The molecule has 0 spiro atoms. The number of carbonyl (C=O) groups excluding carboxylic acids is 2. The molecule has 0 aliphatic rings. The zero-order valence-corrected chi connectivity index (χ0v) is 17.5. The second kappa shape index (κ2) is 10.5. The smallest absolute Gasteiger partial charge is 0.331 e. The van der Waals surface area contributed by atoms with Gasteiger partial charge >= 0.3 is 5.97 Å². The van der Waals surface area contributed by atoms with Gasteiger partial charge in [-0.25, -0.2) is 4.79 Å². The highest BCUT2D eigenvalue weighted by atomic mass is 35.5. The Morgan fingerprint density at radius 2 is 1.79 bits per heavy atom. The van der Waals surface area contributed by atoms with Gasteiger partial charge in [0.15, 0.2) is 17.6 Å². The lowest BCUT2D eigenvalue weighted by atomic mass is 10.1. The summed E-state index contributed by atoms with van der Waals surface area (Å²) in [7, 11) is 3.04. The molecule has 6 nitrogen and oxygen atoms in total. The third kappa shape index (κ3) is 5.99. The SMILES string of the molecule is CCOc1cc(/C=C/C(=O)O[C@H](C)C(=O)c2ccc(OC)cc2)cc(Cl)c1OC. The normalized spacial score (nSPS) is 11.8. The maximum Gasteiger partial charge on any atom is 0.331 e. The molecule has 0 aliphatic heterocycles. The van der Waals surface area contributed by atoms with Crippen LogP contribution in [0.3, 0.4) is 0 Å². The Hall–Kier alpha value is -2.99. The molecule has 0 saturated carbocycles. The van der Waals surface area contributed by atoms with E-state index in [2.05, 4.69) is 0 Å². The maximum atomic E-state index is 12.4. The van der Waals surface area contributed by atoms with Gasteiger partial charge in [0.1, 0.15) is 5.75 Å². The van der Waals surface area contributed by atoms with E-state index >= 15 is 0 Å². The van der Waals surface area contributed by atoms with E-state index in [1.54, 1.807) is 43.5 Å². The molecule has 2 aromatic rings. The largest absolute Gasteiger partial charge is 0.497 e. The number of ether oxygens (including phenoxy) is 4. The molecule has 0 bridgehead atoms. The van der Waals surface area contributed by atoms with Crippen molar-refractivity contribution in [1.29, 1.82) is 0 Å². The average molecular weight is 419 g/mol. The van der Waals surface area contributed by atoms with Gasteiger partial charge in [-0.05, 0) is 61.9 Å². The number of hydrogen-bond acceptors (Lipinski definition) is 6. The summed E-state index contributed by atoms with van der Waals surface area (Å²) in [6.07, 6.45) is 1.82. The van der Waals surface area contributed by atoms with Crippen molar-refractivity contribution in [2.75, 3.05) is 20.8 Å². The predicted octanol–water partition coefficient (Wildman–Crippen LogP) is 4.58. The molecule has 154 valence electrons. The van der Waals surface area contributed by atoms with E-state index in [4.69, 9.17) is 30.5 Å². The molecule has 0 heterocycles. The number of halogens is 1. The number of methoxy groups -OCH3 is 2. The first-order chi connectivity index (χ1) is 13.9. The molecule has 29 heavy (non-hydrogen) atoms. The first-order valence-corrected chi connectivity index (χ1v) is 9.34. The molecule has 0 radical (unpaired) electrons. The standard InChI is InChI=1S/C22H23ClO6/c1-5-28-19-13-15(12-18(23)22(19)27-4)6-11-20(24)29-14(2)21(25)16-7-9-17(26-3)10-8-16/h6-14H,5H2,1-4H3/b11-6+/t14-/m1/s1. The molecule has 0 fully saturated rings. The zero-order chi connectivity index (χ0) is 21.4. The summed E-state index contributed by atoms with van der Waals surface area (Å²) in [5.74, 6) is 0.578. The van der Waals surface area contributed by atoms with Gasteiger partial charge in [-0.3, -0.25) is 4.79 Å². The van der Waals surface area contributed by atoms with E-state index in [9.17, 15) is 9.59 Å². The van der Waals surface area contributed by atoms with Crippen LogP contribution >= 0.6 is 11.6 Å². The second-order valence-corrected chi connectivity index (χ2v) is 6.38. The zero-order valence-electron chi connectivity index (χ0n) is 16.7. The monoisotopic (exact) mass is 418 g/mol. The lowest BCUT2D eigenvalue weighted by Crippen LogP contribution is -2.23. The third-order valence-corrected chi connectivity index (χ3v) is 4.27. The van der Waals surface area contributed by atoms with Crippen LogP contribution in [0.15, 0.2) is 42.5 Å². The summed E-state index contributed by atoms with van der Waals surface area (Å²) < 4.78 is 21.0. The van der Waals surface area contributed by atoms with Gasteiger partial charge in [-0.1, -0.05) is 11.6 Å². The first kappa shape index (κ1) is 22.3. The first-order valence-electron chi connectivity index (χ1n) is 8.96. The minimum absolute atomic E-state index is 0.305. The number of ketones is 1. The topological polar surface area (TPSA) is 71.1 Å². The molecule has 1 atom stereocenters. The van der Waals surface area contributed by atoms with E-state index < -0.39 is 12.1 Å². The number of benzene rings is 2. The Bertz CT molecular complexity index is 889. The van der Waals surface area contributed by atoms with Crippen molar-refractivity contribution in [3.05, 3.63) is 58.6 Å². The lowest BCUT2D eigenvalue weighted by Gasteiger charge is -2.12. The third-order valence-electron chi connectivity index (χ3n) is 3.98. The lowest BCUT2D eigenvalue weighted by molar-refractivity contribution is -0.140. The minimum Gasteiger partial charge on any atom is -0.497 e. The molecule has 2 rings (SSSR count). The molecule has 0 N–H and O–H groups in total. The molecule has 0 amide bonds. The molecular formula is C22H23ClO6. The summed E-state index contributed by atoms with van der Waals surface area (Å²) in [6, 6.07) is 9.92. The van der Waals surface area contributed by atoms with Crippen LogP contribution in [0.5, 0.6) is 17.2 Å². The number of esters is 1. The van der Waals surface area contributed by atoms with Crippen molar-refractivity contribution in [2.45, 2.75) is 20.0 Å². The Labute approximate surface area is 175 Å². The van der Waals surface area contributed by atoms with E-state index in [1.165, 1.54) is 26.2 Å². The highest BCUT2D eigenvalue weighted by Gasteiger charge is 2.18. The number of carbonyl (C=O) groups is 2. The number of rotatable bonds is 9. The van der Waals surface area contributed by atoms with Crippen LogP contribution in [0.1, 0.15) is 29.8 Å². The summed E-state index contributed by atoms with van der Waals surface area (Å²) in [5.41, 5.74) is 1.06. The van der Waals surface area contributed by atoms with Crippen LogP contribution < -0.4 is 14.2 Å². The number of Topliss-reactive ketones (excluding diaryl/α,β-unsaturated/α-hetero) is 1. The van der Waals surface area contributed by atoms with Crippen LogP contribution in [-0.2, 0) is 9.53 Å². The fourth-order valence-corrected chi connectivity index (χ4v) is 2.86. The van der Waals surface area contributed by atoms with Crippen LogP contribution in [0.4, 0.5) is 0 Å². The predicted molar refractivity (Wildman–Crippen MR) is 111 cm³/mol. The molecule has 7 heteroatoms. The van der Waals surface area contributed by atoms with Crippen LogP contribution in [0.25, 0.3) is 6.08 Å². The van der Waals surface area contributed by atoms with Gasteiger partial charge in [0.05, 0.1) is 25.8 Å². The Morgan fingerprint density at radius 1 is 1.10 bits per heavy atom. The molecule has 0 saturated heterocycles. The van der Waals surface area contributed by atoms with Crippen LogP contribution in [0.2, 0.25) is 5.02 Å². The molecule has 2 aromatic carbocycles. The van der Waals surface area contributed by atoms with Crippen molar-refractivity contribution in [2.24, 2.45) is 0 Å². The Balaban J connectivity index is 2.05. The van der Waals surface area contributed by atoms with Gasteiger partial charge < -0.3 is 18.9 Å². The van der Waals surface area contributed by atoms with Crippen molar-refractivity contribution in [1.82, 2.24) is 0 Å². The second-order valence-electron chi connectivity index (χ2n) is 5.97. The minimum atomic E-state index is -0.931. The van der Waals surface area contributed by atoms with Crippen molar-refractivity contribution < 1.29 is 28.5 Å². The van der Waals surface area contributed by atoms with Gasteiger partial charge in [-0.2, -0.15) is 0 Å². The van der Waals surface area contributed by atoms with Crippen LogP contribution in [-0.4, -0.2) is 38.7 Å². The van der Waals surface area contributed by atoms with E-state index in [1.807, 2.05) is 6.92 Å². The van der Waals surface area contributed by atoms with Gasteiger partial charge in [0.25, 0.3) is 0 Å². The van der Waals surface area contributed by atoms with Crippen molar-refractivity contribution in [3.8, 4) is 17.2 Å². The summed E-state index contributed by atoms with van der Waals surface area (Å²) in [6.45, 7) is 3.80. The molecular weight excluding hydrogens is 396 g/mol. The average Bonchev–Trinajstić information content (AvgIpc) is 2.72. The fourth-order valence-electron chi connectivity index (χ4n) is 2.57. The van der Waals surface area contributed by atoms with E-state index in [0.29, 0.717) is 40.0 Å². The molecule has 0 aliphatic carbocycles. The van der Waals surface area contributed by atoms with Crippen LogP contribution in [0, 0.1) is 0 Å². The van der Waals surface area contributed by atoms with Gasteiger partial charge in [0, 0.05) is 11.6 Å². The maximum absolute atomic E-state index is 12.4. The quantitative estimate of drug-likeness (QED) is 0.337. The summed E-state index contributed by atoms with van der Waals surface area (Å²) in [5, 5.41) is 0.356. The van der Waals surface area contributed by atoms with Gasteiger partial charge in [-0.15, -0.1) is 0 Å². The Morgan fingerprint density at radius 3 is 2.38 bits per heavy atom. The Kier molecular flexibility index (Phi) is 8.09. The highest BCUT2D eigenvalue weighted by molar-refractivity contribution is 6.32. The van der Waals surface area contributed by atoms with Crippen molar-refractivity contribution in [3.63, 3.8) is 0 Å². The van der Waals surface area contributed by atoms with Gasteiger partial charge in [0.2, 0.25) is 5.78 Å². The molecule has 0 aromatic heterocycles. The molecule has 0 unspecified atom stereocenters. The van der Waals surface area contributed by atoms with E-state index in [-0.39, 0.29) is 5.78 Å². The summed E-state index contributed by atoms with van der Waals surface area (Å²) in [4.78, 5) is 24.5. The fraction of sp³-hybridized carbons (Fsp3) is 0.273. The van der Waals surface area contributed by atoms with Crippen molar-refractivity contribution >= 4 is 29.4 Å². The summed E-state index contributed by atoms with van der Waals surface area (Å²) >= 11 is 6.19. The highest BCUT2D eigenvalue weighted by Crippen LogP contribution is 2.36. The number of hydrogen-bond donors (Lipinski definition) is 0.